The number of hydrogen-bond donors (Lipinski definition) is 1. The first-order chi connectivity index (χ1) is 6.34. The standard InChI is InChI=1S/C9H12N2O2/c12-7-1-3-8(4-2-7)13-9-5-6-10-11-9/h5-6,8H,1-4H2,(H,10,11). The fourth-order valence-electron chi connectivity index (χ4n) is 1.51. The van der Waals surface area contributed by atoms with Gasteiger partial charge in [0.25, 0.3) is 0 Å². The summed E-state index contributed by atoms with van der Waals surface area (Å²) < 4.78 is 5.55. The molecule has 1 aromatic rings. The van der Waals surface area contributed by atoms with Crippen LogP contribution in [0.4, 0.5) is 0 Å². The lowest BCUT2D eigenvalue weighted by Crippen LogP contribution is -2.24. The molecule has 0 amide bonds. The number of carbonyl (C=O) groups is 1. The number of Topliss-reactive ketones (excluding diaryl/α,β-unsaturated/α-hetero) is 1. The van der Waals surface area contributed by atoms with Crippen molar-refractivity contribution in [3.8, 4) is 5.88 Å². The molecule has 2 rings (SSSR count). The topological polar surface area (TPSA) is 55.0 Å². The fraction of sp³-hybridized carbons (Fsp3) is 0.556. The van der Waals surface area contributed by atoms with E-state index in [-0.39, 0.29) is 6.10 Å². The summed E-state index contributed by atoms with van der Waals surface area (Å²) in [4.78, 5) is 10.9. The number of carbonyl (C=O) groups excluding carboxylic acids is 1. The van der Waals surface area contributed by atoms with Crippen LogP contribution in [0.1, 0.15) is 25.7 Å². The van der Waals surface area contributed by atoms with E-state index in [1.54, 1.807) is 12.3 Å². The molecular weight excluding hydrogens is 168 g/mol. The maximum Gasteiger partial charge on any atom is 0.232 e. The predicted octanol–water partition coefficient (Wildman–Crippen LogP) is 1.30. The minimum absolute atomic E-state index is 0.168. The third kappa shape index (κ3) is 2.08. The Labute approximate surface area is 76.3 Å². The minimum atomic E-state index is 0.168. The molecule has 0 bridgehead atoms. The quantitative estimate of drug-likeness (QED) is 0.746. The SMILES string of the molecule is O=C1CCC(Oc2cc[nH]n2)CC1. The second-order valence-electron chi connectivity index (χ2n) is 3.27. The number of nitrogens with zero attached hydrogens (tertiary/aromatic N) is 1. The number of hydrogen-bond acceptors (Lipinski definition) is 3. The van der Waals surface area contributed by atoms with Crippen LogP contribution < -0.4 is 4.74 Å². The zero-order valence-corrected chi connectivity index (χ0v) is 7.32. The minimum Gasteiger partial charge on any atom is -0.473 e. The van der Waals surface area contributed by atoms with E-state index in [0.717, 1.165) is 12.8 Å². The van der Waals surface area contributed by atoms with Gasteiger partial charge in [-0.05, 0) is 12.8 Å². The highest BCUT2D eigenvalue weighted by atomic mass is 16.5. The van der Waals surface area contributed by atoms with Crippen molar-refractivity contribution in [2.75, 3.05) is 0 Å². The number of H-pyrrole nitrogens is 1. The van der Waals surface area contributed by atoms with Gasteiger partial charge < -0.3 is 4.74 Å². The van der Waals surface area contributed by atoms with Crippen LogP contribution in [0.3, 0.4) is 0 Å². The first-order valence-electron chi connectivity index (χ1n) is 4.53. The summed E-state index contributed by atoms with van der Waals surface area (Å²) in [5, 5.41) is 6.58. The maximum atomic E-state index is 10.9. The van der Waals surface area contributed by atoms with Crippen LogP contribution in [-0.4, -0.2) is 22.1 Å². The summed E-state index contributed by atoms with van der Waals surface area (Å²) in [7, 11) is 0. The summed E-state index contributed by atoms with van der Waals surface area (Å²) in [6.45, 7) is 0. The zero-order chi connectivity index (χ0) is 9.10. The van der Waals surface area contributed by atoms with Crippen molar-refractivity contribution in [2.24, 2.45) is 0 Å². The highest BCUT2D eigenvalue weighted by Crippen LogP contribution is 2.19. The van der Waals surface area contributed by atoms with E-state index in [9.17, 15) is 4.79 Å². The van der Waals surface area contributed by atoms with Gasteiger partial charge >= 0.3 is 0 Å². The molecule has 1 N–H and O–H groups in total. The Morgan fingerprint density at radius 1 is 1.46 bits per heavy atom. The third-order valence-corrected chi connectivity index (χ3v) is 2.25. The Morgan fingerprint density at radius 3 is 2.85 bits per heavy atom. The summed E-state index contributed by atoms with van der Waals surface area (Å²) in [6, 6.07) is 1.79. The molecule has 1 fully saturated rings. The number of ketones is 1. The van der Waals surface area contributed by atoms with Gasteiger partial charge in [-0.3, -0.25) is 9.89 Å². The molecule has 4 nitrogen and oxygen atoms in total. The summed E-state index contributed by atoms with van der Waals surface area (Å²) in [5.41, 5.74) is 0. The third-order valence-electron chi connectivity index (χ3n) is 2.25. The highest BCUT2D eigenvalue weighted by Gasteiger charge is 2.20. The molecule has 0 saturated heterocycles. The van der Waals surface area contributed by atoms with Crippen molar-refractivity contribution in [3.63, 3.8) is 0 Å². The van der Waals surface area contributed by atoms with E-state index >= 15 is 0 Å². The molecule has 13 heavy (non-hydrogen) atoms. The normalized spacial score (nSPS) is 18.9. The Hall–Kier alpha value is -1.32. The molecule has 70 valence electrons. The van der Waals surface area contributed by atoms with E-state index in [1.807, 2.05) is 0 Å². The van der Waals surface area contributed by atoms with E-state index in [1.165, 1.54) is 0 Å². The summed E-state index contributed by atoms with van der Waals surface area (Å²) in [5.74, 6) is 0.973. The molecule has 0 aromatic carbocycles. The van der Waals surface area contributed by atoms with Gasteiger partial charge in [-0.15, -0.1) is 5.10 Å². The van der Waals surface area contributed by atoms with E-state index < -0.39 is 0 Å². The first kappa shape index (κ1) is 8.29. The van der Waals surface area contributed by atoms with Crippen LogP contribution >= 0.6 is 0 Å². The number of aromatic amines is 1. The molecule has 1 aliphatic carbocycles. The van der Waals surface area contributed by atoms with Crippen molar-refractivity contribution in [1.82, 2.24) is 10.2 Å². The van der Waals surface area contributed by atoms with Gasteiger partial charge in [-0.25, -0.2) is 0 Å². The van der Waals surface area contributed by atoms with Crippen LogP contribution in [-0.2, 0) is 4.79 Å². The first-order valence-corrected chi connectivity index (χ1v) is 4.53. The zero-order valence-electron chi connectivity index (χ0n) is 7.32. The van der Waals surface area contributed by atoms with E-state index in [2.05, 4.69) is 10.2 Å². The van der Waals surface area contributed by atoms with Crippen molar-refractivity contribution < 1.29 is 9.53 Å². The van der Waals surface area contributed by atoms with Crippen LogP contribution in [0.5, 0.6) is 5.88 Å². The molecule has 1 aliphatic rings. The largest absolute Gasteiger partial charge is 0.473 e. The summed E-state index contributed by atoms with van der Waals surface area (Å²) in [6.07, 6.45) is 4.84. The average molecular weight is 180 g/mol. The Morgan fingerprint density at radius 2 is 2.23 bits per heavy atom. The number of rotatable bonds is 2. The van der Waals surface area contributed by atoms with Crippen molar-refractivity contribution in [2.45, 2.75) is 31.8 Å². The molecule has 4 heteroatoms. The van der Waals surface area contributed by atoms with E-state index in [4.69, 9.17) is 4.74 Å². The molecule has 1 heterocycles. The van der Waals surface area contributed by atoms with Crippen molar-refractivity contribution >= 4 is 5.78 Å². The van der Waals surface area contributed by atoms with Gasteiger partial charge in [-0.2, -0.15) is 0 Å². The van der Waals surface area contributed by atoms with Crippen LogP contribution in [0.2, 0.25) is 0 Å². The predicted molar refractivity (Wildman–Crippen MR) is 46.5 cm³/mol. The van der Waals surface area contributed by atoms with Gasteiger partial charge in [0.1, 0.15) is 11.9 Å². The lowest BCUT2D eigenvalue weighted by atomic mass is 9.97. The average Bonchev–Trinajstić information content (AvgIpc) is 2.62. The van der Waals surface area contributed by atoms with E-state index in [0.29, 0.717) is 24.5 Å². The lowest BCUT2D eigenvalue weighted by molar-refractivity contribution is -0.121. The van der Waals surface area contributed by atoms with Gasteiger partial charge in [-0.1, -0.05) is 0 Å². The Bertz CT molecular complexity index is 272. The Balaban J connectivity index is 1.86. The van der Waals surface area contributed by atoms with Gasteiger partial charge in [0, 0.05) is 25.1 Å². The lowest BCUT2D eigenvalue weighted by Gasteiger charge is -2.20. The number of nitrogens with one attached hydrogen (secondary N) is 1. The van der Waals surface area contributed by atoms with Crippen LogP contribution in [0.15, 0.2) is 12.3 Å². The molecule has 0 spiro atoms. The monoisotopic (exact) mass is 180 g/mol. The molecule has 0 atom stereocenters. The van der Waals surface area contributed by atoms with Crippen LogP contribution in [0.25, 0.3) is 0 Å². The molecule has 1 saturated carbocycles. The second kappa shape index (κ2) is 3.60. The molecule has 0 unspecified atom stereocenters. The summed E-state index contributed by atoms with van der Waals surface area (Å²) >= 11 is 0. The Kier molecular flexibility index (Phi) is 2.29. The van der Waals surface area contributed by atoms with Crippen LogP contribution in [0, 0.1) is 0 Å². The maximum absolute atomic E-state index is 10.9. The number of aromatic nitrogens is 2. The second-order valence-corrected chi connectivity index (χ2v) is 3.27. The molecule has 1 aromatic heterocycles. The molecular formula is C9H12N2O2. The smallest absolute Gasteiger partial charge is 0.232 e. The molecule has 0 aliphatic heterocycles. The fourth-order valence-corrected chi connectivity index (χ4v) is 1.51. The number of ether oxygens (including phenoxy) is 1. The van der Waals surface area contributed by atoms with Gasteiger partial charge in [0.05, 0.1) is 0 Å². The highest BCUT2D eigenvalue weighted by molar-refractivity contribution is 5.79. The van der Waals surface area contributed by atoms with Crippen molar-refractivity contribution in [1.29, 1.82) is 0 Å². The molecule has 0 radical (unpaired) electrons. The van der Waals surface area contributed by atoms with Gasteiger partial charge in [0.2, 0.25) is 5.88 Å². The van der Waals surface area contributed by atoms with Crippen molar-refractivity contribution in [3.05, 3.63) is 12.3 Å². The van der Waals surface area contributed by atoms with Gasteiger partial charge in [0.15, 0.2) is 0 Å².